The van der Waals surface area contributed by atoms with Crippen LogP contribution in [-0.2, 0) is 20.2 Å². The van der Waals surface area contributed by atoms with Gasteiger partial charge in [-0.1, -0.05) is 119 Å². The quantitative estimate of drug-likeness (QED) is 0.0492. The monoisotopic (exact) mass is 1030 g/mol. The Hall–Kier alpha value is -7.14. The molecule has 344 valence electrons. The summed E-state index contributed by atoms with van der Waals surface area (Å²) in [4.78, 5) is 43.8. The first-order valence-electron chi connectivity index (χ1n) is 19.6. The Morgan fingerprint density at radius 1 is 0.368 bits per heavy atom. The third-order valence-electron chi connectivity index (χ3n) is 9.23. The number of H-pyrrole nitrogens is 6. The molecular formula is C44H32Cl4N12O6S2. The van der Waals surface area contributed by atoms with Crippen molar-refractivity contribution in [3.8, 4) is 0 Å². The number of rotatable bonds is 10. The predicted molar refractivity (Wildman–Crippen MR) is 258 cm³/mol. The molecule has 0 bridgehead atoms. The lowest BCUT2D eigenvalue weighted by Gasteiger charge is -2.07. The zero-order chi connectivity index (χ0) is 48.0. The normalized spacial score (nSPS) is 13.1. The zero-order valence-electron chi connectivity index (χ0n) is 34.4. The van der Waals surface area contributed by atoms with Crippen LogP contribution in [0.1, 0.15) is 11.1 Å². The molecule has 0 atom stereocenters. The van der Waals surface area contributed by atoms with Crippen LogP contribution in [0.15, 0.2) is 173 Å². The molecule has 0 saturated heterocycles. The lowest BCUT2D eigenvalue weighted by Crippen LogP contribution is -2.36. The van der Waals surface area contributed by atoms with E-state index < -0.39 is 30.0 Å². The van der Waals surface area contributed by atoms with E-state index in [9.17, 15) is 25.9 Å². The molecule has 6 aromatic carbocycles. The number of para-hydroxylation sites is 4. The summed E-state index contributed by atoms with van der Waals surface area (Å²) in [5, 5.41) is 1.43. The Kier molecular flexibility index (Phi) is 14.2. The zero-order valence-corrected chi connectivity index (χ0v) is 39.1. The van der Waals surface area contributed by atoms with E-state index in [-0.39, 0.29) is 56.2 Å². The van der Waals surface area contributed by atoms with Crippen LogP contribution in [0, 0.1) is 0 Å². The summed E-state index contributed by atoms with van der Waals surface area (Å²) in [5.41, 5.74) is 2.25. The Morgan fingerprint density at radius 2 is 0.618 bits per heavy atom. The number of benzene rings is 6. The van der Waals surface area contributed by atoms with E-state index in [0.29, 0.717) is 42.8 Å². The van der Waals surface area contributed by atoms with E-state index in [0.717, 1.165) is 12.1 Å². The second-order valence-electron chi connectivity index (χ2n) is 14.0. The number of hydrogen-bond acceptors (Lipinski definition) is 10. The first kappa shape index (κ1) is 47.4. The van der Waals surface area contributed by atoms with E-state index in [1.165, 1.54) is 36.4 Å². The molecule has 8 rings (SSSR count). The van der Waals surface area contributed by atoms with Gasteiger partial charge in [0.2, 0.25) is 33.7 Å². The number of nitrogens with zero attached hydrogens (tertiary/aromatic N) is 6. The van der Waals surface area contributed by atoms with Crippen molar-refractivity contribution in [2.75, 3.05) is 0 Å². The molecule has 0 saturated carbocycles. The van der Waals surface area contributed by atoms with Crippen molar-refractivity contribution in [3.63, 3.8) is 0 Å². The summed E-state index contributed by atoms with van der Waals surface area (Å²) in [6.07, 6.45) is 2.48. The number of aromatic nitrogens is 6. The van der Waals surface area contributed by atoms with Gasteiger partial charge in [-0.3, -0.25) is 39.0 Å². The molecule has 0 spiro atoms. The molecule has 0 aliphatic carbocycles. The summed E-state index contributed by atoms with van der Waals surface area (Å²) >= 11 is 25.4. The van der Waals surface area contributed by atoms with Crippen molar-refractivity contribution in [3.05, 3.63) is 198 Å². The third kappa shape index (κ3) is 12.1. The summed E-state index contributed by atoms with van der Waals surface area (Å²) in [6.45, 7) is 0. The Morgan fingerprint density at radius 3 is 0.868 bits per heavy atom. The van der Waals surface area contributed by atoms with E-state index in [2.05, 4.69) is 59.9 Å². The largest absolute Gasteiger partial charge is 0.296 e. The highest BCUT2D eigenvalue weighted by atomic mass is 35.5. The van der Waals surface area contributed by atoms with Crippen molar-refractivity contribution < 1.29 is 25.9 Å². The van der Waals surface area contributed by atoms with E-state index in [1.54, 1.807) is 97.1 Å². The molecule has 0 aliphatic rings. The smallest absolute Gasteiger partial charge is 0.295 e. The van der Waals surface area contributed by atoms with Crippen molar-refractivity contribution in [1.29, 1.82) is 0 Å². The number of aromatic amines is 6. The molecule has 0 fully saturated rings. The fraction of sp³-hybridized carbons (Fsp3) is 0. The van der Waals surface area contributed by atoms with Crippen molar-refractivity contribution >= 4 is 113 Å². The highest BCUT2D eigenvalue weighted by molar-refractivity contribution is 7.86. The molecule has 18 nitrogen and oxygen atoms in total. The van der Waals surface area contributed by atoms with Crippen LogP contribution >= 0.6 is 46.4 Å². The van der Waals surface area contributed by atoms with Gasteiger partial charge in [-0.2, -0.15) is 16.8 Å². The van der Waals surface area contributed by atoms with Crippen molar-refractivity contribution in [1.82, 2.24) is 29.9 Å². The van der Waals surface area contributed by atoms with Gasteiger partial charge < -0.3 is 0 Å². The first-order valence-corrected chi connectivity index (χ1v) is 24.0. The molecule has 0 unspecified atom stereocenters. The van der Waals surface area contributed by atoms with Gasteiger partial charge in [0, 0.05) is 0 Å². The highest BCUT2D eigenvalue weighted by Gasteiger charge is 2.18. The second kappa shape index (κ2) is 20.4. The molecule has 2 aromatic heterocycles. The average molecular weight is 1030 g/mol. The van der Waals surface area contributed by atoms with Gasteiger partial charge in [0.15, 0.2) is 0 Å². The van der Waals surface area contributed by atoms with Gasteiger partial charge in [0.05, 0.1) is 54.2 Å². The molecule has 2 heterocycles. The van der Waals surface area contributed by atoms with Crippen LogP contribution < -0.4 is 33.7 Å². The summed E-state index contributed by atoms with van der Waals surface area (Å²) < 4.78 is 71.9. The van der Waals surface area contributed by atoms with E-state index in [1.807, 2.05) is 0 Å². The minimum Gasteiger partial charge on any atom is -0.296 e. The fourth-order valence-corrected chi connectivity index (χ4v) is 8.31. The predicted octanol–water partition coefficient (Wildman–Crippen LogP) is 8.33. The maximum atomic E-state index is 12.8. The van der Waals surface area contributed by atoms with Gasteiger partial charge in [-0.15, -0.1) is 0 Å². The SMILES string of the molecule is O=S(=O)(O)c1cc(N=c2[nH]c(=Nc3ccccc3Cl)[nH]c(=Nc3ccccc3Cl)[nH]2)ccc1C=Cc1ccc(N=c2[nH]c(=Nc3ccccc3Cl)[nH]c(=Nc3ccccc3Cl)[nH]2)cc1S(=O)(=O)O. The lowest BCUT2D eigenvalue weighted by atomic mass is 10.1. The average Bonchev–Trinajstić information content (AvgIpc) is 3.29. The van der Waals surface area contributed by atoms with Gasteiger partial charge in [0.1, 0.15) is 9.79 Å². The van der Waals surface area contributed by atoms with Gasteiger partial charge in [-0.25, -0.2) is 30.0 Å². The number of nitrogens with one attached hydrogen (secondary N) is 6. The Bertz CT molecular complexity index is 3560. The highest BCUT2D eigenvalue weighted by Crippen LogP contribution is 2.29. The van der Waals surface area contributed by atoms with Gasteiger partial charge >= 0.3 is 0 Å². The maximum Gasteiger partial charge on any atom is 0.295 e. The molecule has 8 N–H and O–H groups in total. The summed E-state index contributed by atoms with van der Waals surface area (Å²) in [7, 11) is -9.84. The molecule has 8 aromatic rings. The second-order valence-corrected chi connectivity index (χ2v) is 18.5. The van der Waals surface area contributed by atoms with Crippen LogP contribution in [0.3, 0.4) is 0 Å². The topological polar surface area (TPSA) is 278 Å². The first-order chi connectivity index (χ1) is 32.5. The fourth-order valence-electron chi connectivity index (χ4n) is 6.19. The number of halogens is 4. The Labute approximate surface area is 404 Å². The molecule has 0 radical (unpaired) electrons. The van der Waals surface area contributed by atoms with E-state index in [4.69, 9.17) is 46.4 Å². The lowest BCUT2D eigenvalue weighted by molar-refractivity contribution is 0.480. The van der Waals surface area contributed by atoms with Crippen LogP contribution in [0.25, 0.3) is 12.2 Å². The molecule has 0 amide bonds. The maximum absolute atomic E-state index is 12.8. The molecule has 68 heavy (non-hydrogen) atoms. The summed E-state index contributed by atoms with van der Waals surface area (Å²) in [6, 6.07) is 35.1. The summed E-state index contributed by atoms with van der Waals surface area (Å²) in [5.74, 6) is 0. The molecule has 24 heteroatoms. The molecular weight excluding hydrogens is 999 g/mol. The number of hydrogen-bond donors (Lipinski definition) is 8. The molecule has 0 aliphatic heterocycles. The van der Waals surface area contributed by atoms with Gasteiger partial charge in [-0.05, 0) is 83.9 Å². The minimum atomic E-state index is -4.92. The van der Waals surface area contributed by atoms with Crippen LogP contribution in [0.2, 0.25) is 20.1 Å². The van der Waals surface area contributed by atoms with Crippen molar-refractivity contribution in [2.24, 2.45) is 30.0 Å². The van der Waals surface area contributed by atoms with Gasteiger partial charge in [0.25, 0.3) is 20.2 Å². The van der Waals surface area contributed by atoms with Crippen LogP contribution in [-0.4, -0.2) is 55.8 Å². The van der Waals surface area contributed by atoms with Crippen LogP contribution in [0.4, 0.5) is 34.1 Å². The van der Waals surface area contributed by atoms with Crippen molar-refractivity contribution in [2.45, 2.75) is 9.79 Å². The van der Waals surface area contributed by atoms with Crippen LogP contribution in [0.5, 0.6) is 0 Å². The Balaban J connectivity index is 1.19. The van der Waals surface area contributed by atoms with E-state index >= 15 is 0 Å². The minimum absolute atomic E-state index is 0.0366. The standard InChI is InChI=1S/C44H32Cl4N12O6S2/c45-29-9-1-5-13-33(29)51-41-55-39(56-42(59-41)52-34-14-6-2-10-30(34)46)49-27-21-19-25(37(23-27)67(61,62)63)17-18-26-20-22-28(24-38(26)68(64,65)66)50-40-57-43(53-35-15-7-3-11-31(35)47)60-44(58-40)54-36-16-8-4-12-32(36)48/h1-24H,(H,61,62,63)(H,64,65,66)(H3,49,51,52,55,56,59)(H3,50,53,54,57,58,60). The third-order valence-corrected chi connectivity index (χ3v) is 12.3.